The van der Waals surface area contributed by atoms with Gasteiger partial charge in [0.2, 0.25) is 0 Å². The van der Waals surface area contributed by atoms with E-state index in [2.05, 4.69) is 28.7 Å². The Morgan fingerprint density at radius 2 is 2.06 bits per heavy atom. The molecule has 3 aliphatic heterocycles. The van der Waals surface area contributed by atoms with Crippen LogP contribution in [-0.4, -0.2) is 39.0 Å². The molecule has 9 heteroatoms. The van der Waals surface area contributed by atoms with Gasteiger partial charge < -0.3 is 13.8 Å². The number of aryl methyl sites for hydroxylation is 1. The zero-order chi connectivity index (χ0) is 21.5. The molecule has 0 bridgehead atoms. The lowest BCUT2D eigenvalue weighted by Crippen LogP contribution is -2.33. The maximum absolute atomic E-state index is 12.3. The van der Waals surface area contributed by atoms with Crippen LogP contribution < -0.4 is 11.2 Å². The first kappa shape index (κ1) is 21.0. The molecule has 0 amide bonds. The number of hydrogen-bond acceptors (Lipinski definition) is 6. The molecule has 3 fully saturated rings. The van der Waals surface area contributed by atoms with E-state index in [1.165, 1.54) is 10.1 Å². The molecule has 3 aliphatic rings. The van der Waals surface area contributed by atoms with Gasteiger partial charge in [0.1, 0.15) is 12.3 Å². The van der Waals surface area contributed by atoms with Crippen LogP contribution in [-0.2, 0) is 13.8 Å². The van der Waals surface area contributed by atoms with E-state index in [4.69, 9.17) is 13.8 Å². The monoisotopic (exact) mass is 445 g/mol. The highest BCUT2D eigenvalue weighted by Gasteiger charge is 2.49. The van der Waals surface area contributed by atoms with Crippen molar-refractivity contribution in [1.82, 2.24) is 14.2 Å². The second kappa shape index (κ2) is 8.60. The molecule has 0 aliphatic carbocycles. The predicted octanol–water partition coefficient (Wildman–Crippen LogP) is 3.39. The van der Waals surface area contributed by atoms with Gasteiger partial charge in [-0.2, -0.15) is 0 Å². The predicted molar refractivity (Wildman–Crippen MR) is 117 cm³/mol. The second-order valence-corrected chi connectivity index (χ2v) is 9.85. The quantitative estimate of drug-likeness (QED) is 0.711. The van der Waals surface area contributed by atoms with E-state index in [9.17, 15) is 9.59 Å². The molecule has 5 rings (SSSR count). The summed E-state index contributed by atoms with van der Waals surface area (Å²) in [5.74, 6) is 0. The van der Waals surface area contributed by atoms with E-state index >= 15 is 0 Å². The molecule has 0 radical (unpaired) electrons. The number of nitrogens with zero attached hydrogens (tertiary/aromatic N) is 2. The topological polar surface area (TPSA) is 85.8 Å². The van der Waals surface area contributed by atoms with Gasteiger partial charge in [0.25, 0.3) is 14.1 Å². The maximum Gasteiger partial charge on any atom is 0.330 e. The third kappa shape index (κ3) is 3.92. The molecule has 166 valence electrons. The van der Waals surface area contributed by atoms with Crippen LogP contribution in [0, 0.1) is 6.92 Å². The molecule has 4 heterocycles. The third-order valence-corrected chi connectivity index (χ3v) is 8.20. The van der Waals surface area contributed by atoms with Gasteiger partial charge in [-0.05, 0) is 31.7 Å². The number of nitrogens with one attached hydrogen (secondary N) is 1. The summed E-state index contributed by atoms with van der Waals surface area (Å²) in [4.78, 5) is 26.4. The summed E-state index contributed by atoms with van der Waals surface area (Å²) in [6, 6.07) is 10.7. The van der Waals surface area contributed by atoms with Crippen molar-refractivity contribution in [2.75, 3.05) is 6.54 Å². The van der Waals surface area contributed by atoms with Crippen LogP contribution in [0.25, 0.3) is 0 Å². The molecular formula is C22H28N3O5P. The zero-order valence-corrected chi connectivity index (χ0v) is 18.7. The van der Waals surface area contributed by atoms with Gasteiger partial charge in [-0.1, -0.05) is 37.3 Å². The minimum absolute atomic E-state index is 0.0254. The second-order valence-electron chi connectivity index (χ2n) is 8.44. The van der Waals surface area contributed by atoms with Crippen LogP contribution in [0.1, 0.15) is 56.1 Å². The molecule has 1 aromatic heterocycles. The number of H-pyrrole nitrogens is 1. The zero-order valence-electron chi connectivity index (χ0n) is 17.8. The summed E-state index contributed by atoms with van der Waals surface area (Å²) in [5, 5.41) is 0. The van der Waals surface area contributed by atoms with Crippen LogP contribution in [0.2, 0.25) is 0 Å². The van der Waals surface area contributed by atoms with Gasteiger partial charge in [0.05, 0.1) is 12.2 Å². The standard InChI is InChI=1S/C22H28N3O5P/c1-3-17-18(12-19(28-17)24-13-14(2)21(26)23-22(24)27)29-31-25-11-7-10-16(25)20(30-31)15-8-5-4-6-9-15/h4-6,8-9,13,16-20H,3,7,10-12H2,1-2H3,(H,23,26,27)/t16-,17-,18-,19-,20+,31-/m1/s1. The Hall–Kier alpha value is -1.83. The molecular weight excluding hydrogens is 417 g/mol. The highest BCUT2D eigenvalue weighted by Crippen LogP contribution is 2.61. The maximum atomic E-state index is 12.3. The van der Waals surface area contributed by atoms with Crippen molar-refractivity contribution in [3.05, 3.63) is 68.5 Å². The first-order valence-corrected chi connectivity index (χ1v) is 12.1. The van der Waals surface area contributed by atoms with Crippen molar-refractivity contribution >= 4 is 8.53 Å². The normalized spacial score (nSPS) is 33.1. The largest absolute Gasteiger partial charge is 0.352 e. The number of fused-ring (bicyclic) bond motifs is 1. The Kier molecular flexibility index (Phi) is 5.84. The van der Waals surface area contributed by atoms with E-state index < -0.39 is 20.4 Å². The summed E-state index contributed by atoms with van der Waals surface area (Å²) in [7, 11) is -1.19. The summed E-state index contributed by atoms with van der Waals surface area (Å²) in [6.07, 6.45) is 4.39. The van der Waals surface area contributed by atoms with E-state index in [-0.39, 0.29) is 23.9 Å². The minimum Gasteiger partial charge on any atom is -0.352 e. The summed E-state index contributed by atoms with van der Waals surface area (Å²) < 4.78 is 23.0. The highest BCUT2D eigenvalue weighted by molar-refractivity contribution is 7.44. The number of benzene rings is 1. The number of hydrogen-bond donors (Lipinski definition) is 1. The average Bonchev–Trinajstić information content (AvgIpc) is 3.48. The molecule has 2 aromatic rings. The van der Waals surface area contributed by atoms with Crippen LogP contribution in [0.5, 0.6) is 0 Å². The van der Waals surface area contributed by atoms with Crippen molar-refractivity contribution in [3.8, 4) is 0 Å². The lowest BCUT2D eigenvalue weighted by atomic mass is 10.0. The SMILES string of the molecule is CC[C@H]1O[C@@H](n2cc(C)c(=O)[nH]c2=O)C[C@H]1O[P@]1O[C@@H](c2ccccc2)[C@H]2CCCN21. The molecule has 0 saturated carbocycles. The number of ether oxygens (including phenoxy) is 1. The van der Waals surface area contributed by atoms with Crippen molar-refractivity contribution in [3.63, 3.8) is 0 Å². The first-order chi connectivity index (χ1) is 15.0. The lowest BCUT2D eigenvalue weighted by molar-refractivity contribution is -0.0190. The molecule has 0 spiro atoms. The van der Waals surface area contributed by atoms with E-state index in [0.717, 1.165) is 25.8 Å². The van der Waals surface area contributed by atoms with E-state index in [0.29, 0.717) is 18.0 Å². The van der Waals surface area contributed by atoms with Gasteiger partial charge in [-0.3, -0.25) is 14.3 Å². The Labute approximate surface area is 182 Å². The molecule has 31 heavy (non-hydrogen) atoms. The van der Waals surface area contributed by atoms with E-state index in [1.54, 1.807) is 13.1 Å². The Bertz CT molecular complexity index is 1040. The molecule has 8 nitrogen and oxygen atoms in total. The van der Waals surface area contributed by atoms with Crippen LogP contribution in [0.3, 0.4) is 0 Å². The summed E-state index contributed by atoms with van der Waals surface area (Å²) in [6.45, 7) is 4.71. The molecule has 1 N–H and O–H groups in total. The Morgan fingerprint density at radius 3 is 2.84 bits per heavy atom. The highest BCUT2D eigenvalue weighted by atomic mass is 31.2. The third-order valence-electron chi connectivity index (χ3n) is 6.43. The fourth-order valence-electron chi connectivity index (χ4n) is 4.79. The average molecular weight is 445 g/mol. The van der Waals surface area contributed by atoms with Crippen molar-refractivity contribution in [2.45, 2.75) is 70.1 Å². The lowest BCUT2D eigenvalue weighted by Gasteiger charge is -2.25. The van der Waals surface area contributed by atoms with Crippen LogP contribution in [0.4, 0.5) is 0 Å². The van der Waals surface area contributed by atoms with Crippen LogP contribution in [0.15, 0.2) is 46.1 Å². The smallest absolute Gasteiger partial charge is 0.330 e. The first-order valence-electron chi connectivity index (χ1n) is 11.0. The fourth-order valence-corrected chi connectivity index (χ4v) is 6.77. The van der Waals surface area contributed by atoms with Crippen molar-refractivity contribution in [2.24, 2.45) is 0 Å². The van der Waals surface area contributed by atoms with E-state index in [1.807, 2.05) is 18.2 Å². The number of rotatable bonds is 5. The van der Waals surface area contributed by atoms with Crippen LogP contribution >= 0.6 is 8.53 Å². The van der Waals surface area contributed by atoms with Gasteiger partial charge in [0, 0.05) is 30.8 Å². The Morgan fingerprint density at radius 1 is 1.26 bits per heavy atom. The van der Waals surface area contributed by atoms with Crippen molar-refractivity contribution in [1.29, 1.82) is 0 Å². The molecule has 3 saturated heterocycles. The number of aromatic nitrogens is 2. The van der Waals surface area contributed by atoms with Gasteiger partial charge in [-0.25, -0.2) is 9.46 Å². The fraction of sp³-hybridized carbons (Fsp3) is 0.545. The summed E-state index contributed by atoms with van der Waals surface area (Å²) in [5.41, 5.74) is 0.849. The molecule has 1 aromatic carbocycles. The van der Waals surface area contributed by atoms with Gasteiger partial charge in [-0.15, -0.1) is 0 Å². The van der Waals surface area contributed by atoms with Gasteiger partial charge >= 0.3 is 5.69 Å². The molecule has 6 atom stereocenters. The number of aromatic amines is 1. The minimum atomic E-state index is -1.19. The Balaban J connectivity index is 1.34. The molecule has 0 unspecified atom stereocenters. The van der Waals surface area contributed by atoms with Crippen molar-refractivity contribution < 1.29 is 13.8 Å². The summed E-state index contributed by atoms with van der Waals surface area (Å²) >= 11 is 0. The van der Waals surface area contributed by atoms with Gasteiger partial charge in [0.15, 0.2) is 0 Å².